The highest BCUT2D eigenvalue weighted by Gasteiger charge is 2.20. The number of benzene rings is 1. The third-order valence-corrected chi connectivity index (χ3v) is 4.27. The summed E-state index contributed by atoms with van der Waals surface area (Å²) in [6.07, 6.45) is 1.78. The van der Waals surface area contributed by atoms with Gasteiger partial charge in [-0.25, -0.2) is 0 Å². The van der Waals surface area contributed by atoms with Crippen LogP contribution < -0.4 is 10.6 Å². The minimum atomic E-state index is -0.467. The van der Waals surface area contributed by atoms with Crippen molar-refractivity contribution >= 4 is 11.8 Å². The first-order valence-corrected chi connectivity index (χ1v) is 9.10. The van der Waals surface area contributed by atoms with E-state index in [4.69, 9.17) is 4.74 Å². The highest BCUT2D eigenvalue weighted by Crippen LogP contribution is 2.02. The fourth-order valence-corrected chi connectivity index (χ4v) is 2.87. The van der Waals surface area contributed by atoms with Gasteiger partial charge in [-0.15, -0.1) is 0 Å². The van der Waals surface area contributed by atoms with Crippen LogP contribution in [-0.4, -0.2) is 62.1 Å². The van der Waals surface area contributed by atoms with Gasteiger partial charge in [0.1, 0.15) is 6.04 Å². The Bertz CT molecular complexity index is 530. The predicted octanol–water partition coefficient (Wildman–Crippen LogP) is 0.962. The van der Waals surface area contributed by atoms with Gasteiger partial charge in [-0.3, -0.25) is 14.5 Å². The zero-order valence-corrected chi connectivity index (χ0v) is 15.0. The summed E-state index contributed by atoms with van der Waals surface area (Å²) >= 11 is 0. The average molecular weight is 347 g/mol. The zero-order chi connectivity index (χ0) is 17.9. The monoisotopic (exact) mass is 347 g/mol. The molecule has 0 aliphatic carbocycles. The van der Waals surface area contributed by atoms with Crippen molar-refractivity contribution in [3.63, 3.8) is 0 Å². The molecule has 0 spiro atoms. The second-order valence-electron chi connectivity index (χ2n) is 6.32. The Labute approximate surface area is 149 Å². The van der Waals surface area contributed by atoms with Gasteiger partial charge in [0.25, 0.3) is 0 Å². The van der Waals surface area contributed by atoms with Gasteiger partial charge < -0.3 is 15.4 Å². The van der Waals surface area contributed by atoms with E-state index in [-0.39, 0.29) is 11.8 Å². The van der Waals surface area contributed by atoms with Gasteiger partial charge in [-0.1, -0.05) is 43.7 Å². The highest BCUT2D eigenvalue weighted by atomic mass is 16.5. The first-order valence-electron chi connectivity index (χ1n) is 9.10. The van der Waals surface area contributed by atoms with Gasteiger partial charge >= 0.3 is 0 Å². The lowest BCUT2D eigenvalue weighted by atomic mass is 10.1. The van der Waals surface area contributed by atoms with Gasteiger partial charge in [0.05, 0.1) is 19.6 Å². The Morgan fingerprint density at radius 3 is 2.60 bits per heavy atom. The molecule has 0 unspecified atom stereocenters. The van der Waals surface area contributed by atoms with Crippen molar-refractivity contribution in [2.24, 2.45) is 0 Å². The third-order valence-electron chi connectivity index (χ3n) is 4.27. The number of carbonyl (C=O) groups excluding carboxylic acids is 2. The first kappa shape index (κ1) is 19.4. The molecule has 6 nitrogen and oxygen atoms in total. The number of rotatable bonds is 9. The minimum absolute atomic E-state index is 0.100. The smallest absolute Gasteiger partial charge is 0.242 e. The molecule has 2 N–H and O–H groups in total. The molecule has 0 aromatic heterocycles. The van der Waals surface area contributed by atoms with Crippen molar-refractivity contribution in [3.8, 4) is 0 Å². The number of ether oxygens (including phenoxy) is 1. The maximum atomic E-state index is 12.4. The van der Waals surface area contributed by atoms with Crippen molar-refractivity contribution in [1.29, 1.82) is 0 Å². The molecule has 0 radical (unpaired) electrons. The van der Waals surface area contributed by atoms with Crippen LogP contribution in [0.15, 0.2) is 30.3 Å². The number of carbonyl (C=O) groups is 2. The molecule has 1 atom stereocenters. The van der Waals surface area contributed by atoms with Gasteiger partial charge in [-0.05, 0) is 12.0 Å². The Morgan fingerprint density at radius 1 is 1.20 bits per heavy atom. The molecule has 1 aromatic carbocycles. The van der Waals surface area contributed by atoms with Crippen LogP contribution in [0.2, 0.25) is 0 Å². The Kier molecular flexibility index (Phi) is 8.42. The summed E-state index contributed by atoms with van der Waals surface area (Å²) in [7, 11) is 0. The molecule has 1 saturated heterocycles. The normalized spacial score (nSPS) is 16.2. The number of morpholine rings is 1. The average Bonchev–Trinajstić information content (AvgIpc) is 2.63. The molecular weight excluding hydrogens is 318 g/mol. The molecule has 0 bridgehead atoms. The lowest BCUT2D eigenvalue weighted by molar-refractivity contribution is -0.128. The molecule has 1 aliphatic heterocycles. The van der Waals surface area contributed by atoms with E-state index in [1.165, 1.54) is 0 Å². The standard InChI is InChI=1S/C19H29N3O3/c1-2-6-17(21-18(23)15-16-7-4-3-5-8-16)19(24)20-9-10-22-11-13-25-14-12-22/h3-5,7-8,17H,2,6,9-15H2,1H3,(H,20,24)(H,21,23)/t17-/m1/s1. The summed E-state index contributed by atoms with van der Waals surface area (Å²) in [6.45, 7) is 6.73. The SMILES string of the molecule is CCC[C@@H](NC(=O)Cc1ccccc1)C(=O)NCCN1CCOCC1. The summed E-state index contributed by atoms with van der Waals surface area (Å²) in [5.41, 5.74) is 0.947. The van der Waals surface area contributed by atoms with Crippen molar-refractivity contribution < 1.29 is 14.3 Å². The summed E-state index contributed by atoms with van der Waals surface area (Å²) in [5, 5.41) is 5.82. The van der Waals surface area contributed by atoms with Crippen LogP contribution in [0.25, 0.3) is 0 Å². The molecule has 1 heterocycles. The van der Waals surface area contributed by atoms with E-state index < -0.39 is 6.04 Å². The van der Waals surface area contributed by atoms with Crippen molar-refractivity contribution in [2.45, 2.75) is 32.2 Å². The van der Waals surface area contributed by atoms with Crippen LogP contribution >= 0.6 is 0 Å². The van der Waals surface area contributed by atoms with Crippen molar-refractivity contribution in [3.05, 3.63) is 35.9 Å². The van der Waals surface area contributed by atoms with Gasteiger partial charge in [0.2, 0.25) is 11.8 Å². The van der Waals surface area contributed by atoms with Gasteiger partial charge in [0, 0.05) is 26.2 Å². The van der Waals surface area contributed by atoms with E-state index in [0.717, 1.165) is 44.8 Å². The van der Waals surface area contributed by atoms with E-state index in [9.17, 15) is 9.59 Å². The third kappa shape index (κ3) is 7.23. The quantitative estimate of drug-likeness (QED) is 0.698. The summed E-state index contributed by atoms with van der Waals surface area (Å²) in [4.78, 5) is 26.9. The number of nitrogens with zero attached hydrogens (tertiary/aromatic N) is 1. The largest absolute Gasteiger partial charge is 0.379 e. The first-order chi connectivity index (χ1) is 12.2. The van der Waals surface area contributed by atoms with Gasteiger partial charge in [0.15, 0.2) is 0 Å². The van der Waals surface area contributed by atoms with Crippen LogP contribution in [0.1, 0.15) is 25.3 Å². The summed E-state index contributed by atoms with van der Waals surface area (Å²) in [5.74, 6) is -0.218. The zero-order valence-electron chi connectivity index (χ0n) is 15.0. The van der Waals surface area contributed by atoms with Crippen molar-refractivity contribution in [1.82, 2.24) is 15.5 Å². The van der Waals surface area contributed by atoms with E-state index >= 15 is 0 Å². The fraction of sp³-hybridized carbons (Fsp3) is 0.579. The summed E-state index contributed by atoms with van der Waals surface area (Å²) < 4.78 is 5.31. The Morgan fingerprint density at radius 2 is 1.92 bits per heavy atom. The van der Waals surface area contributed by atoms with Crippen molar-refractivity contribution in [2.75, 3.05) is 39.4 Å². The second kappa shape index (κ2) is 10.8. The fourth-order valence-electron chi connectivity index (χ4n) is 2.87. The van der Waals surface area contributed by atoms with Crippen LogP contribution in [-0.2, 0) is 20.7 Å². The Balaban J connectivity index is 1.75. The predicted molar refractivity (Wildman–Crippen MR) is 97.3 cm³/mol. The molecule has 1 fully saturated rings. The molecule has 1 aliphatic rings. The van der Waals surface area contributed by atoms with E-state index in [1.807, 2.05) is 37.3 Å². The lowest BCUT2D eigenvalue weighted by Crippen LogP contribution is -2.49. The number of hydrogen-bond acceptors (Lipinski definition) is 4. The van der Waals surface area contributed by atoms with Crippen LogP contribution in [0.3, 0.4) is 0 Å². The number of hydrogen-bond donors (Lipinski definition) is 2. The van der Waals surface area contributed by atoms with Crippen LogP contribution in [0, 0.1) is 0 Å². The minimum Gasteiger partial charge on any atom is -0.379 e. The highest BCUT2D eigenvalue weighted by molar-refractivity contribution is 5.88. The van der Waals surface area contributed by atoms with E-state index in [2.05, 4.69) is 15.5 Å². The molecule has 6 heteroatoms. The molecule has 25 heavy (non-hydrogen) atoms. The molecular formula is C19H29N3O3. The number of amides is 2. The molecule has 138 valence electrons. The van der Waals surface area contributed by atoms with Gasteiger partial charge in [-0.2, -0.15) is 0 Å². The maximum absolute atomic E-state index is 12.4. The molecule has 2 amide bonds. The lowest BCUT2D eigenvalue weighted by Gasteiger charge is -2.27. The van der Waals surface area contributed by atoms with E-state index in [0.29, 0.717) is 19.4 Å². The molecule has 1 aromatic rings. The second-order valence-corrected chi connectivity index (χ2v) is 6.32. The Hall–Kier alpha value is -1.92. The molecule has 2 rings (SSSR count). The number of nitrogens with one attached hydrogen (secondary N) is 2. The van der Waals surface area contributed by atoms with E-state index in [1.54, 1.807) is 0 Å². The summed E-state index contributed by atoms with van der Waals surface area (Å²) in [6, 6.07) is 9.09. The maximum Gasteiger partial charge on any atom is 0.242 e. The molecule has 0 saturated carbocycles. The van der Waals surface area contributed by atoms with Crippen LogP contribution in [0.4, 0.5) is 0 Å². The topological polar surface area (TPSA) is 70.7 Å². The van der Waals surface area contributed by atoms with Crippen LogP contribution in [0.5, 0.6) is 0 Å².